The number of carbonyl (C=O) groups excluding carboxylic acids is 2. The number of benzene rings is 1. The number of sulfonamides is 1. The van der Waals surface area contributed by atoms with Gasteiger partial charge in [0.15, 0.2) is 5.03 Å². The third kappa shape index (κ3) is 7.65. The summed E-state index contributed by atoms with van der Waals surface area (Å²) in [7, 11) is -2.77. The first-order chi connectivity index (χ1) is 16.2. The summed E-state index contributed by atoms with van der Waals surface area (Å²) in [5, 5.41) is 0.239. The molecule has 0 amide bonds. The van der Waals surface area contributed by atoms with Crippen molar-refractivity contribution in [1.29, 1.82) is 0 Å². The van der Waals surface area contributed by atoms with Crippen molar-refractivity contribution in [1.82, 2.24) is 9.29 Å². The molecule has 34 heavy (non-hydrogen) atoms. The van der Waals surface area contributed by atoms with Gasteiger partial charge in [0, 0.05) is 30.8 Å². The highest BCUT2D eigenvalue weighted by atomic mass is 35.5. The Hall–Kier alpha value is -2.75. The highest BCUT2D eigenvalue weighted by Gasteiger charge is 2.35. The molecule has 10 heteroatoms. The molecule has 1 aromatic carbocycles. The van der Waals surface area contributed by atoms with E-state index >= 15 is 0 Å². The molecular formula is C24H29ClN2O6S. The zero-order chi connectivity index (χ0) is 25.1. The van der Waals surface area contributed by atoms with E-state index in [1.54, 1.807) is 37.3 Å². The van der Waals surface area contributed by atoms with Crippen molar-refractivity contribution >= 4 is 39.6 Å². The summed E-state index contributed by atoms with van der Waals surface area (Å²) in [5.41, 5.74) is 1.15. The molecule has 0 fully saturated rings. The molecule has 1 aromatic heterocycles. The van der Waals surface area contributed by atoms with Crippen molar-refractivity contribution in [3.05, 3.63) is 64.8 Å². The molecule has 2 aromatic rings. The molecule has 0 unspecified atom stereocenters. The Morgan fingerprint density at radius 2 is 1.94 bits per heavy atom. The van der Waals surface area contributed by atoms with E-state index in [2.05, 4.69) is 4.98 Å². The van der Waals surface area contributed by atoms with E-state index in [1.165, 1.54) is 31.5 Å². The first-order valence-electron chi connectivity index (χ1n) is 10.9. The molecule has 0 aliphatic carbocycles. The lowest BCUT2D eigenvalue weighted by molar-refractivity contribution is -0.147. The molecule has 0 radical (unpaired) electrons. The summed E-state index contributed by atoms with van der Waals surface area (Å²) in [6.07, 6.45) is 5.83. The van der Waals surface area contributed by atoms with Gasteiger partial charge in [-0.1, -0.05) is 37.1 Å². The van der Waals surface area contributed by atoms with Crippen LogP contribution in [0.15, 0.2) is 53.7 Å². The number of aromatic nitrogens is 1. The van der Waals surface area contributed by atoms with Crippen LogP contribution < -0.4 is 0 Å². The van der Waals surface area contributed by atoms with Gasteiger partial charge in [-0.05, 0) is 54.8 Å². The monoisotopic (exact) mass is 508 g/mol. The standard InChI is InChI=1S/C24H29ClN2O6S/c1-4-6-15-33-23(28)13-11-18-16-20(25)12-10-19(18)17-21(24(29)32-5-2)27(3)34(30,31)22-9-7-8-14-26-22/h7-14,16,21H,4-6,15,17H2,1-3H3/b13-11+/t21-/m0/s1. The Morgan fingerprint density at radius 3 is 2.59 bits per heavy atom. The van der Waals surface area contributed by atoms with Crippen LogP contribution in [0, 0.1) is 0 Å². The normalized spacial score (nSPS) is 12.6. The summed E-state index contributed by atoms with van der Waals surface area (Å²) >= 11 is 6.14. The van der Waals surface area contributed by atoms with E-state index in [-0.39, 0.29) is 18.1 Å². The molecule has 8 nitrogen and oxygen atoms in total. The Labute approximate surface area is 205 Å². The van der Waals surface area contributed by atoms with Crippen LogP contribution in [0.3, 0.4) is 0 Å². The zero-order valence-electron chi connectivity index (χ0n) is 19.4. The van der Waals surface area contributed by atoms with Crippen LogP contribution in [0.4, 0.5) is 0 Å². The molecule has 0 saturated carbocycles. The predicted octanol–water partition coefficient (Wildman–Crippen LogP) is 3.89. The fraction of sp³-hybridized carbons (Fsp3) is 0.375. The number of esters is 2. The number of likely N-dealkylation sites (N-methyl/N-ethyl adjacent to an activating group) is 1. The number of nitrogens with zero attached hydrogens (tertiary/aromatic N) is 2. The van der Waals surface area contributed by atoms with Crippen molar-refractivity contribution in [3.8, 4) is 0 Å². The minimum Gasteiger partial charge on any atom is -0.465 e. The highest BCUT2D eigenvalue weighted by molar-refractivity contribution is 7.89. The molecule has 184 valence electrons. The van der Waals surface area contributed by atoms with Gasteiger partial charge in [0.2, 0.25) is 0 Å². The van der Waals surface area contributed by atoms with Gasteiger partial charge in [-0.2, -0.15) is 4.31 Å². The van der Waals surface area contributed by atoms with Crippen LogP contribution >= 0.6 is 11.6 Å². The molecule has 1 atom stereocenters. The first-order valence-corrected chi connectivity index (χ1v) is 12.7. The number of unbranched alkanes of at least 4 members (excludes halogenated alkanes) is 1. The number of pyridine rings is 1. The number of rotatable bonds is 12. The van der Waals surface area contributed by atoms with E-state index in [0.29, 0.717) is 22.8 Å². The van der Waals surface area contributed by atoms with E-state index in [9.17, 15) is 18.0 Å². The molecule has 0 spiro atoms. The number of ether oxygens (including phenoxy) is 2. The lowest BCUT2D eigenvalue weighted by atomic mass is 9.99. The van der Waals surface area contributed by atoms with Gasteiger partial charge in [0.05, 0.1) is 13.2 Å². The predicted molar refractivity (Wildman–Crippen MR) is 130 cm³/mol. The largest absolute Gasteiger partial charge is 0.465 e. The van der Waals surface area contributed by atoms with Gasteiger partial charge in [-0.15, -0.1) is 0 Å². The van der Waals surface area contributed by atoms with E-state index in [0.717, 1.165) is 17.1 Å². The van der Waals surface area contributed by atoms with Gasteiger partial charge in [-0.25, -0.2) is 18.2 Å². The topological polar surface area (TPSA) is 103 Å². The average molecular weight is 509 g/mol. The highest BCUT2D eigenvalue weighted by Crippen LogP contribution is 2.23. The smallest absolute Gasteiger partial charge is 0.330 e. The van der Waals surface area contributed by atoms with E-state index in [1.807, 2.05) is 6.92 Å². The quantitative estimate of drug-likeness (QED) is 0.243. The second-order valence-electron chi connectivity index (χ2n) is 7.36. The maximum Gasteiger partial charge on any atom is 0.330 e. The number of hydrogen-bond acceptors (Lipinski definition) is 7. The molecule has 0 saturated heterocycles. The molecule has 0 bridgehead atoms. The summed E-state index contributed by atoms with van der Waals surface area (Å²) in [4.78, 5) is 28.7. The van der Waals surface area contributed by atoms with Gasteiger partial charge in [-0.3, -0.25) is 4.79 Å². The second-order valence-corrected chi connectivity index (χ2v) is 9.74. The summed E-state index contributed by atoms with van der Waals surface area (Å²) in [6.45, 7) is 4.04. The van der Waals surface area contributed by atoms with Crippen molar-refractivity contribution in [3.63, 3.8) is 0 Å². The second kappa shape index (κ2) is 13.2. The Bertz CT molecular complexity index is 1110. The van der Waals surface area contributed by atoms with E-state index < -0.39 is 28.0 Å². The van der Waals surface area contributed by atoms with Crippen LogP contribution in [-0.2, 0) is 35.5 Å². The molecule has 0 aliphatic heterocycles. The number of halogens is 1. The fourth-order valence-corrected chi connectivity index (χ4v) is 4.47. The van der Waals surface area contributed by atoms with Crippen LogP contribution in [0.1, 0.15) is 37.8 Å². The van der Waals surface area contributed by atoms with Crippen molar-refractivity contribution in [2.45, 2.75) is 44.2 Å². The lowest BCUT2D eigenvalue weighted by Crippen LogP contribution is -2.45. The Morgan fingerprint density at radius 1 is 1.18 bits per heavy atom. The fourth-order valence-electron chi connectivity index (χ4n) is 3.05. The van der Waals surface area contributed by atoms with Gasteiger partial charge < -0.3 is 9.47 Å². The first kappa shape index (κ1) is 27.5. The maximum absolute atomic E-state index is 13.1. The zero-order valence-corrected chi connectivity index (χ0v) is 21.0. The Balaban J connectivity index is 2.37. The van der Waals surface area contributed by atoms with Gasteiger partial charge in [0.25, 0.3) is 10.0 Å². The van der Waals surface area contributed by atoms with Crippen LogP contribution in [-0.4, -0.2) is 55.9 Å². The number of carbonyl (C=O) groups is 2. The molecule has 0 aliphatic rings. The lowest BCUT2D eigenvalue weighted by Gasteiger charge is -2.26. The molecule has 1 heterocycles. The molecular weight excluding hydrogens is 480 g/mol. The minimum absolute atomic E-state index is 0.0108. The van der Waals surface area contributed by atoms with Crippen LogP contribution in [0.25, 0.3) is 6.08 Å². The third-order valence-corrected chi connectivity index (χ3v) is 6.96. The van der Waals surface area contributed by atoms with E-state index in [4.69, 9.17) is 21.1 Å². The van der Waals surface area contributed by atoms with Crippen LogP contribution in [0.2, 0.25) is 5.02 Å². The van der Waals surface area contributed by atoms with Gasteiger partial charge in [0.1, 0.15) is 6.04 Å². The SMILES string of the molecule is CCCCOC(=O)/C=C/c1cc(Cl)ccc1C[C@@H](C(=O)OCC)N(C)S(=O)(=O)c1ccccn1. The minimum atomic E-state index is -4.08. The third-order valence-electron chi connectivity index (χ3n) is 4.94. The molecule has 0 N–H and O–H groups in total. The summed E-state index contributed by atoms with van der Waals surface area (Å²) in [6, 6.07) is 8.27. The number of hydrogen-bond donors (Lipinski definition) is 0. The molecule has 2 rings (SSSR count). The summed E-state index contributed by atoms with van der Waals surface area (Å²) in [5.74, 6) is -1.20. The van der Waals surface area contributed by atoms with Gasteiger partial charge >= 0.3 is 11.9 Å². The van der Waals surface area contributed by atoms with Crippen molar-refractivity contribution in [2.75, 3.05) is 20.3 Å². The van der Waals surface area contributed by atoms with Crippen molar-refractivity contribution < 1.29 is 27.5 Å². The van der Waals surface area contributed by atoms with Crippen LogP contribution in [0.5, 0.6) is 0 Å². The Kier molecular flexibility index (Phi) is 10.7. The average Bonchev–Trinajstić information content (AvgIpc) is 2.82. The summed E-state index contributed by atoms with van der Waals surface area (Å²) < 4.78 is 37.5. The van der Waals surface area contributed by atoms with Crippen molar-refractivity contribution in [2.24, 2.45) is 0 Å². The maximum atomic E-state index is 13.1.